The van der Waals surface area contributed by atoms with Crippen molar-refractivity contribution < 1.29 is 24.1 Å². The minimum absolute atomic E-state index is 0.0244. The Bertz CT molecular complexity index is 815. The van der Waals surface area contributed by atoms with Crippen molar-refractivity contribution in [2.24, 2.45) is 40.4 Å². The Kier molecular flexibility index (Phi) is 6.41. The summed E-state index contributed by atoms with van der Waals surface area (Å²) in [5.41, 5.74) is 0.184. The summed E-state index contributed by atoms with van der Waals surface area (Å²) in [6.07, 6.45) is 10.3. The van der Waals surface area contributed by atoms with Crippen LogP contribution in [0.3, 0.4) is 0 Å². The largest absolute Gasteiger partial charge is 0.349 e. The summed E-state index contributed by atoms with van der Waals surface area (Å²) < 4.78 is 11.3. The normalized spacial score (nSPS) is 42.8. The third-order valence-corrected chi connectivity index (χ3v) is 11.8. The Labute approximate surface area is 195 Å². The minimum atomic E-state index is -2.56. The van der Waals surface area contributed by atoms with Crippen molar-refractivity contribution in [3.05, 3.63) is 11.4 Å². The van der Waals surface area contributed by atoms with Crippen molar-refractivity contribution in [3.63, 3.8) is 0 Å². The predicted molar refractivity (Wildman–Crippen MR) is 127 cm³/mol. The minimum Gasteiger partial charge on any atom is -0.343 e. The van der Waals surface area contributed by atoms with E-state index < -0.39 is 12.7 Å². The van der Waals surface area contributed by atoms with E-state index in [4.69, 9.17) is 0 Å². The molecule has 0 bridgehead atoms. The molecule has 182 valence electrons. The molecule has 3 fully saturated rings. The molecular formula is C26H45NO4P+. The Morgan fingerprint density at radius 2 is 1.66 bits per heavy atom. The van der Waals surface area contributed by atoms with Crippen LogP contribution in [0, 0.1) is 40.4 Å². The fourth-order valence-electron chi connectivity index (χ4n) is 8.82. The van der Waals surface area contributed by atoms with Gasteiger partial charge in [0.25, 0.3) is 0 Å². The fourth-order valence-corrected chi connectivity index (χ4v) is 9.51. The third-order valence-electron chi connectivity index (χ3n) is 10.8. The van der Waals surface area contributed by atoms with Gasteiger partial charge in [0.2, 0.25) is 8.03 Å². The van der Waals surface area contributed by atoms with Crippen LogP contribution < -0.4 is 0 Å². The molecular weight excluding hydrogens is 421 g/mol. The number of rotatable bonds is 4. The van der Waals surface area contributed by atoms with Crippen molar-refractivity contribution in [2.75, 3.05) is 0 Å². The van der Waals surface area contributed by atoms with Gasteiger partial charge in [-0.3, -0.25) is 4.57 Å². The number of hydrogen-bond donors (Lipinski definition) is 2. The lowest BCUT2D eigenvalue weighted by Gasteiger charge is -2.60. The van der Waals surface area contributed by atoms with Crippen LogP contribution in [0.4, 0.5) is 0 Å². The summed E-state index contributed by atoms with van der Waals surface area (Å²) in [7, 11) is -2.56. The van der Waals surface area contributed by atoms with E-state index in [1.165, 1.54) is 6.42 Å². The molecule has 5 nitrogen and oxygen atoms in total. The molecule has 0 heterocycles. The SMILES string of the molecule is CC(C)[N+](O)(C(=O)[C@H]1CC[C@H]2[C@@H]3CCC4CC([PH](=O)O)=CC[C@]4(C)[C@H]3CC[C@]12C)C(C)C. The van der Waals surface area contributed by atoms with Gasteiger partial charge in [-0.1, -0.05) is 19.9 Å². The highest BCUT2D eigenvalue weighted by Gasteiger charge is 2.64. The number of allylic oxidation sites excluding steroid dienone is 2. The molecule has 2 unspecified atom stereocenters. The van der Waals surface area contributed by atoms with Gasteiger partial charge in [0.15, 0.2) is 0 Å². The van der Waals surface area contributed by atoms with Crippen LogP contribution in [-0.2, 0) is 9.36 Å². The van der Waals surface area contributed by atoms with Crippen molar-refractivity contribution in [1.82, 2.24) is 0 Å². The maximum Gasteiger partial charge on any atom is 0.349 e. The predicted octanol–water partition coefficient (Wildman–Crippen LogP) is 6.16. The van der Waals surface area contributed by atoms with Gasteiger partial charge in [-0.15, -0.1) is 4.65 Å². The van der Waals surface area contributed by atoms with Gasteiger partial charge in [0, 0.05) is 5.31 Å². The Morgan fingerprint density at radius 3 is 2.25 bits per heavy atom. The quantitative estimate of drug-likeness (QED) is 0.225. The molecule has 4 rings (SSSR count). The maximum absolute atomic E-state index is 13.8. The summed E-state index contributed by atoms with van der Waals surface area (Å²) in [5, 5.41) is 12.2. The zero-order valence-corrected chi connectivity index (χ0v) is 21.9. The highest BCUT2D eigenvalue weighted by molar-refractivity contribution is 7.43. The highest BCUT2D eigenvalue weighted by atomic mass is 31.1. The monoisotopic (exact) mass is 466 g/mol. The van der Waals surface area contributed by atoms with Crippen LogP contribution in [0.15, 0.2) is 11.4 Å². The summed E-state index contributed by atoms with van der Waals surface area (Å²) in [6, 6.07) is -0.281. The van der Waals surface area contributed by atoms with E-state index in [2.05, 4.69) is 19.9 Å². The highest BCUT2D eigenvalue weighted by Crippen LogP contribution is 2.68. The van der Waals surface area contributed by atoms with Gasteiger partial charge in [-0.25, -0.2) is 10.0 Å². The van der Waals surface area contributed by atoms with Crippen LogP contribution >= 0.6 is 8.03 Å². The van der Waals surface area contributed by atoms with Crippen molar-refractivity contribution >= 4 is 13.9 Å². The zero-order chi connectivity index (χ0) is 23.6. The molecule has 6 heteroatoms. The van der Waals surface area contributed by atoms with E-state index in [1.807, 2.05) is 27.7 Å². The lowest BCUT2D eigenvalue weighted by Crippen LogP contribution is -2.63. The molecule has 3 saturated carbocycles. The van der Waals surface area contributed by atoms with E-state index in [9.17, 15) is 19.5 Å². The van der Waals surface area contributed by atoms with Crippen molar-refractivity contribution in [1.29, 1.82) is 0 Å². The molecule has 4 aliphatic rings. The van der Waals surface area contributed by atoms with Gasteiger partial charge in [-0.2, -0.15) is 0 Å². The number of carbonyl (C=O) groups excluding carboxylic acids is 1. The van der Waals surface area contributed by atoms with E-state index in [1.54, 1.807) is 0 Å². The van der Waals surface area contributed by atoms with E-state index >= 15 is 0 Å². The second-order valence-electron chi connectivity index (χ2n) is 12.5. The number of nitrogens with zero attached hydrogens (tertiary/aromatic N) is 1. The summed E-state index contributed by atoms with van der Waals surface area (Å²) in [5.74, 6) is 2.30. The van der Waals surface area contributed by atoms with Gasteiger partial charge in [0.1, 0.15) is 12.1 Å². The first-order chi connectivity index (χ1) is 14.9. The number of amides is 1. The van der Waals surface area contributed by atoms with Crippen LogP contribution in [0.25, 0.3) is 0 Å². The third kappa shape index (κ3) is 3.44. The molecule has 0 saturated heterocycles. The van der Waals surface area contributed by atoms with Gasteiger partial charge < -0.3 is 4.89 Å². The molecule has 32 heavy (non-hydrogen) atoms. The molecule has 0 aromatic carbocycles. The Balaban J connectivity index is 1.60. The average molecular weight is 467 g/mol. The fraction of sp³-hybridized carbons (Fsp3) is 0.885. The molecule has 4 aliphatic carbocycles. The smallest absolute Gasteiger partial charge is 0.343 e. The van der Waals surface area contributed by atoms with Crippen molar-refractivity contribution in [2.45, 2.75) is 105 Å². The van der Waals surface area contributed by atoms with Gasteiger partial charge in [-0.05, 0) is 114 Å². The van der Waals surface area contributed by atoms with E-state index in [0.29, 0.717) is 23.7 Å². The Hall–Kier alpha value is -0.480. The molecule has 1 amide bonds. The maximum atomic E-state index is 13.8. The number of carbonyl (C=O) groups is 1. The van der Waals surface area contributed by atoms with E-state index in [-0.39, 0.29) is 34.7 Å². The van der Waals surface area contributed by atoms with Crippen molar-refractivity contribution in [3.8, 4) is 0 Å². The van der Waals surface area contributed by atoms with Crippen LogP contribution in [0.5, 0.6) is 0 Å². The topological polar surface area (TPSA) is 74.6 Å². The molecule has 8 atom stereocenters. The van der Waals surface area contributed by atoms with Crippen LogP contribution in [-0.4, -0.2) is 32.7 Å². The lowest BCUT2D eigenvalue weighted by molar-refractivity contribution is -1.07. The number of quaternary nitrogens is 1. The summed E-state index contributed by atoms with van der Waals surface area (Å²) in [4.78, 5) is 23.5. The molecule has 0 aromatic heterocycles. The second kappa shape index (κ2) is 8.33. The van der Waals surface area contributed by atoms with Crippen LogP contribution in [0.2, 0.25) is 0 Å². The van der Waals surface area contributed by atoms with E-state index in [0.717, 1.165) is 50.3 Å². The lowest BCUT2D eigenvalue weighted by atomic mass is 9.45. The molecule has 0 radical (unpaired) electrons. The number of fused-ring (bicyclic) bond motifs is 5. The van der Waals surface area contributed by atoms with Crippen LogP contribution in [0.1, 0.15) is 92.9 Å². The standard InChI is InChI=1S/C26H44NO4P/c1-16(2)27(29,17(3)4)24(28)23-10-9-21-20-8-7-18-15-19(32(30)31)11-13-25(18,5)22(20)12-14-26(21,23)6/h11,16-18,20-23,29,32H,7-10,12-15H2,1-6H3/p+1/t18?,20-,21-,22-,23+,25-,26-/m0/s1. The zero-order valence-electron chi connectivity index (χ0n) is 20.9. The van der Waals surface area contributed by atoms with Gasteiger partial charge >= 0.3 is 5.91 Å². The summed E-state index contributed by atoms with van der Waals surface area (Å²) >= 11 is 0. The number of hydrogen-bond acceptors (Lipinski definition) is 3. The van der Waals surface area contributed by atoms with Gasteiger partial charge in [0.05, 0.1) is 5.92 Å². The second-order valence-corrected chi connectivity index (χ2v) is 13.8. The number of hydroxylamine groups is 3. The summed E-state index contributed by atoms with van der Waals surface area (Å²) in [6.45, 7) is 12.6. The molecule has 0 aliphatic heterocycles. The molecule has 0 spiro atoms. The molecule has 2 N–H and O–H groups in total. The Morgan fingerprint density at radius 1 is 1.03 bits per heavy atom. The first-order valence-electron chi connectivity index (χ1n) is 12.9. The average Bonchev–Trinajstić information content (AvgIpc) is 3.08. The first-order valence-corrected chi connectivity index (χ1v) is 14.3. The first kappa shape index (κ1) is 24.6. The molecule has 0 aromatic rings.